The SMILES string of the molecule is C[C@H](OC(=O)N(C)[C@]1(c2ccccc2Cl)CCCCC1=O)C(=O)O. The van der Waals surface area contributed by atoms with Gasteiger partial charge in [0.05, 0.1) is 0 Å². The number of halogens is 1. The van der Waals surface area contributed by atoms with Crippen molar-refractivity contribution in [3.8, 4) is 0 Å². The van der Waals surface area contributed by atoms with E-state index in [1.165, 1.54) is 18.9 Å². The number of aliphatic carboxylic acids is 1. The molecule has 1 aromatic carbocycles. The van der Waals surface area contributed by atoms with Crippen molar-refractivity contribution in [3.05, 3.63) is 34.9 Å². The third-order valence-corrected chi connectivity index (χ3v) is 4.77. The van der Waals surface area contributed by atoms with Crippen LogP contribution in [0.25, 0.3) is 0 Å². The first-order valence-corrected chi connectivity index (χ1v) is 8.14. The molecule has 0 saturated heterocycles. The summed E-state index contributed by atoms with van der Waals surface area (Å²) in [6, 6.07) is 6.89. The standard InChI is InChI=1S/C17H20ClNO5/c1-11(15(21)22)24-16(23)19(2)17(10-6-5-9-14(17)20)12-7-3-4-8-13(12)18/h3-4,7-8,11H,5-6,9-10H2,1-2H3,(H,21,22)/t11-,17-/m0/s1. The molecule has 1 fully saturated rings. The molecular weight excluding hydrogens is 334 g/mol. The number of rotatable bonds is 4. The highest BCUT2D eigenvalue weighted by atomic mass is 35.5. The van der Waals surface area contributed by atoms with Crippen molar-refractivity contribution >= 4 is 29.4 Å². The van der Waals surface area contributed by atoms with E-state index in [1.54, 1.807) is 24.3 Å². The van der Waals surface area contributed by atoms with E-state index >= 15 is 0 Å². The van der Waals surface area contributed by atoms with Gasteiger partial charge in [0, 0.05) is 24.1 Å². The molecule has 1 aromatic rings. The molecule has 1 amide bonds. The van der Waals surface area contributed by atoms with Crippen LogP contribution in [0, 0.1) is 0 Å². The Morgan fingerprint density at radius 2 is 2.00 bits per heavy atom. The second kappa shape index (κ2) is 7.21. The minimum Gasteiger partial charge on any atom is -0.479 e. The number of carbonyl (C=O) groups excluding carboxylic acids is 2. The lowest BCUT2D eigenvalue weighted by atomic mass is 9.74. The van der Waals surface area contributed by atoms with E-state index in [9.17, 15) is 14.4 Å². The van der Waals surface area contributed by atoms with Crippen molar-refractivity contribution in [2.45, 2.75) is 44.2 Å². The number of hydrogen-bond donors (Lipinski definition) is 1. The van der Waals surface area contributed by atoms with Gasteiger partial charge in [-0.05, 0) is 32.3 Å². The van der Waals surface area contributed by atoms with Gasteiger partial charge in [0.15, 0.2) is 11.9 Å². The molecule has 0 aromatic heterocycles. The fraction of sp³-hybridized carbons (Fsp3) is 0.471. The van der Waals surface area contributed by atoms with Crippen molar-refractivity contribution in [2.24, 2.45) is 0 Å². The summed E-state index contributed by atoms with van der Waals surface area (Å²) in [4.78, 5) is 37.4. The fourth-order valence-electron chi connectivity index (χ4n) is 3.07. The number of carboxylic acids is 1. The molecule has 0 bridgehead atoms. The van der Waals surface area contributed by atoms with Gasteiger partial charge in [0.1, 0.15) is 5.54 Å². The molecule has 0 spiro atoms. The Hall–Kier alpha value is -2.08. The highest BCUT2D eigenvalue weighted by Crippen LogP contribution is 2.42. The number of carbonyl (C=O) groups is 3. The molecule has 2 rings (SSSR count). The van der Waals surface area contributed by atoms with Crippen LogP contribution in [-0.2, 0) is 19.9 Å². The number of Topliss-reactive ketones (excluding diaryl/α,β-unsaturated/α-hetero) is 1. The molecule has 2 atom stereocenters. The zero-order valence-electron chi connectivity index (χ0n) is 13.6. The van der Waals surface area contributed by atoms with Crippen LogP contribution in [0.15, 0.2) is 24.3 Å². The van der Waals surface area contributed by atoms with Crippen LogP contribution < -0.4 is 0 Å². The molecule has 24 heavy (non-hydrogen) atoms. The number of likely N-dealkylation sites (N-methyl/N-ethyl adjacent to an activating group) is 1. The van der Waals surface area contributed by atoms with E-state index in [0.29, 0.717) is 23.4 Å². The van der Waals surface area contributed by atoms with Crippen LogP contribution in [0.1, 0.15) is 38.2 Å². The van der Waals surface area contributed by atoms with Crippen LogP contribution in [-0.4, -0.2) is 41.0 Å². The molecule has 130 valence electrons. The highest BCUT2D eigenvalue weighted by molar-refractivity contribution is 6.31. The first-order valence-electron chi connectivity index (χ1n) is 7.76. The van der Waals surface area contributed by atoms with Gasteiger partial charge >= 0.3 is 12.1 Å². The summed E-state index contributed by atoms with van der Waals surface area (Å²) in [5, 5.41) is 9.30. The molecule has 1 aliphatic rings. The zero-order valence-corrected chi connectivity index (χ0v) is 14.4. The predicted molar refractivity (Wildman–Crippen MR) is 87.9 cm³/mol. The minimum absolute atomic E-state index is 0.121. The molecular formula is C17H20ClNO5. The van der Waals surface area contributed by atoms with Gasteiger partial charge in [-0.2, -0.15) is 0 Å². The molecule has 6 nitrogen and oxygen atoms in total. The normalized spacial score (nSPS) is 21.9. The van der Waals surface area contributed by atoms with Crippen LogP contribution in [0.2, 0.25) is 5.02 Å². The second-order valence-corrected chi connectivity index (χ2v) is 6.30. The van der Waals surface area contributed by atoms with Crippen LogP contribution in [0.3, 0.4) is 0 Å². The monoisotopic (exact) mass is 353 g/mol. The minimum atomic E-state index is -1.30. The Morgan fingerprint density at radius 3 is 2.58 bits per heavy atom. The Bertz CT molecular complexity index is 662. The number of nitrogens with zero attached hydrogens (tertiary/aromatic N) is 1. The number of benzene rings is 1. The van der Waals surface area contributed by atoms with Gasteiger partial charge in [0.2, 0.25) is 0 Å². The van der Waals surface area contributed by atoms with Gasteiger partial charge in [0.25, 0.3) is 0 Å². The number of ketones is 1. The van der Waals surface area contributed by atoms with Gasteiger partial charge in [-0.1, -0.05) is 29.8 Å². The van der Waals surface area contributed by atoms with Crippen LogP contribution >= 0.6 is 11.6 Å². The largest absolute Gasteiger partial charge is 0.479 e. The smallest absolute Gasteiger partial charge is 0.411 e. The maximum absolute atomic E-state index is 12.8. The molecule has 0 radical (unpaired) electrons. The lowest BCUT2D eigenvalue weighted by Crippen LogP contribution is -2.55. The van der Waals surface area contributed by atoms with E-state index in [1.807, 2.05) is 0 Å². The van der Waals surface area contributed by atoms with E-state index in [2.05, 4.69) is 0 Å². The zero-order chi connectivity index (χ0) is 17.9. The Balaban J connectivity index is 2.44. The quantitative estimate of drug-likeness (QED) is 0.898. The van der Waals surface area contributed by atoms with Crippen LogP contribution in [0.5, 0.6) is 0 Å². The van der Waals surface area contributed by atoms with Crippen molar-refractivity contribution in [1.29, 1.82) is 0 Å². The second-order valence-electron chi connectivity index (χ2n) is 5.89. The lowest BCUT2D eigenvalue weighted by Gasteiger charge is -2.43. The summed E-state index contributed by atoms with van der Waals surface area (Å²) in [6.07, 6.45) is 0.0876. The van der Waals surface area contributed by atoms with Crippen molar-refractivity contribution in [3.63, 3.8) is 0 Å². The topological polar surface area (TPSA) is 83.9 Å². The molecule has 0 heterocycles. The predicted octanol–water partition coefficient (Wildman–Crippen LogP) is 3.22. The van der Waals surface area contributed by atoms with Gasteiger partial charge in [-0.15, -0.1) is 0 Å². The molecule has 1 aliphatic carbocycles. The molecule has 1 N–H and O–H groups in total. The number of amides is 1. The average molecular weight is 354 g/mol. The summed E-state index contributed by atoms with van der Waals surface area (Å²) in [5.74, 6) is -1.37. The van der Waals surface area contributed by atoms with Gasteiger partial charge in [-0.25, -0.2) is 9.59 Å². The van der Waals surface area contributed by atoms with Gasteiger partial charge in [-0.3, -0.25) is 9.69 Å². The lowest BCUT2D eigenvalue weighted by molar-refractivity contribution is -0.147. The molecule has 0 unspecified atom stereocenters. The number of ether oxygens (including phenoxy) is 1. The third kappa shape index (κ3) is 3.24. The van der Waals surface area contributed by atoms with E-state index in [4.69, 9.17) is 21.4 Å². The summed E-state index contributed by atoms with van der Waals surface area (Å²) in [6.45, 7) is 1.26. The highest BCUT2D eigenvalue weighted by Gasteiger charge is 2.48. The first-order chi connectivity index (χ1) is 11.3. The summed E-state index contributed by atoms with van der Waals surface area (Å²) in [5.41, 5.74) is -0.690. The van der Waals surface area contributed by atoms with E-state index < -0.39 is 23.7 Å². The Kier molecular flexibility index (Phi) is 5.49. The molecule has 1 saturated carbocycles. The number of hydrogen-bond acceptors (Lipinski definition) is 4. The average Bonchev–Trinajstić information content (AvgIpc) is 2.55. The first kappa shape index (κ1) is 18.3. The van der Waals surface area contributed by atoms with E-state index in [-0.39, 0.29) is 5.78 Å². The van der Waals surface area contributed by atoms with Crippen LogP contribution in [0.4, 0.5) is 4.79 Å². The molecule has 0 aliphatic heterocycles. The maximum atomic E-state index is 12.8. The maximum Gasteiger partial charge on any atom is 0.411 e. The van der Waals surface area contributed by atoms with Crippen molar-refractivity contribution in [2.75, 3.05) is 7.05 Å². The molecule has 7 heteroatoms. The summed E-state index contributed by atoms with van der Waals surface area (Å²) >= 11 is 6.29. The summed E-state index contributed by atoms with van der Waals surface area (Å²) < 4.78 is 4.95. The van der Waals surface area contributed by atoms with Gasteiger partial charge < -0.3 is 9.84 Å². The summed E-state index contributed by atoms with van der Waals surface area (Å²) in [7, 11) is 1.45. The number of carboxylic acid groups (broad SMARTS) is 1. The Morgan fingerprint density at radius 1 is 1.33 bits per heavy atom. The Labute approximate surface area is 145 Å². The third-order valence-electron chi connectivity index (χ3n) is 4.44. The van der Waals surface area contributed by atoms with E-state index in [0.717, 1.165) is 12.8 Å². The fourth-order valence-corrected chi connectivity index (χ4v) is 3.36. The van der Waals surface area contributed by atoms with Crippen molar-refractivity contribution in [1.82, 2.24) is 4.90 Å². The van der Waals surface area contributed by atoms with Crippen molar-refractivity contribution < 1.29 is 24.2 Å².